The molecule has 0 saturated carbocycles. The maximum Gasteiger partial charge on any atom is 0.238 e. The average molecular weight is 353 g/mol. The van der Waals surface area contributed by atoms with Crippen molar-refractivity contribution in [3.05, 3.63) is 35.9 Å². The quantitative estimate of drug-likeness (QED) is 0.647. The average Bonchev–Trinajstić information content (AvgIpc) is 2.99. The van der Waals surface area contributed by atoms with Gasteiger partial charge in [0, 0.05) is 31.0 Å². The molecule has 1 aromatic carbocycles. The minimum absolute atomic E-state index is 0. The fraction of sp³-hybridized carbons (Fsp3) is 0.611. The van der Waals surface area contributed by atoms with E-state index in [0.29, 0.717) is 30.3 Å². The van der Waals surface area contributed by atoms with Crippen LogP contribution in [0.1, 0.15) is 31.7 Å². The molecular weight excluding hydrogens is 324 g/mol. The molecule has 0 aliphatic carbocycles. The van der Waals surface area contributed by atoms with Crippen molar-refractivity contribution in [3.8, 4) is 0 Å². The van der Waals surface area contributed by atoms with Crippen molar-refractivity contribution in [2.24, 2.45) is 11.8 Å². The molecule has 24 heavy (non-hydrogen) atoms. The van der Waals surface area contributed by atoms with Gasteiger partial charge in [-0.15, -0.1) is 12.4 Å². The van der Waals surface area contributed by atoms with Gasteiger partial charge >= 0.3 is 0 Å². The van der Waals surface area contributed by atoms with Crippen molar-refractivity contribution in [2.75, 3.05) is 19.6 Å². The lowest BCUT2D eigenvalue weighted by Crippen LogP contribution is -2.50. The molecule has 3 rings (SSSR count). The van der Waals surface area contributed by atoms with Gasteiger partial charge in [-0.25, -0.2) is 5.43 Å². The Morgan fingerprint density at radius 1 is 1.25 bits per heavy atom. The van der Waals surface area contributed by atoms with E-state index in [-0.39, 0.29) is 24.4 Å². The van der Waals surface area contributed by atoms with Crippen molar-refractivity contribution in [2.45, 2.75) is 38.3 Å². The predicted octanol–water partition coefficient (Wildman–Crippen LogP) is 1.42. The van der Waals surface area contributed by atoms with Gasteiger partial charge in [-0.1, -0.05) is 44.2 Å². The summed E-state index contributed by atoms with van der Waals surface area (Å²) in [4.78, 5) is 12.6. The summed E-state index contributed by atoms with van der Waals surface area (Å²) in [5.74, 6) is 1.26. The number of amides is 1. The van der Waals surface area contributed by atoms with E-state index in [2.05, 4.69) is 59.6 Å². The summed E-state index contributed by atoms with van der Waals surface area (Å²) in [6, 6.07) is 10.7. The van der Waals surface area contributed by atoms with Gasteiger partial charge in [0.05, 0.1) is 0 Å². The van der Waals surface area contributed by atoms with E-state index in [9.17, 15) is 4.79 Å². The number of rotatable bonds is 5. The third-order valence-corrected chi connectivity index (χ3v) is 5.19. The van der Waals surface area contributed by atoms with Crippen LogP contribution in [0.3, 0.4) is 0 Å². The molecule has 134 valence electrons. The number of piperidine rings is 1. The van der Waals surface area contributed by atoms with E-state index in [0.717, 1.165) is 19.5 Å². The molecule has 2 heterocycles. The van der Waals surface area contributed by atoms with Crippen LogP contribution < -0.4 is 21.5 Å². The van der Waals surface area contributed by atoms with Gasteiger partial charge in [0.2, 0.25) is 5.91 Å². The second kappa shape index (κ2) is 8.81. The number of nitrogens with one attached hydrogen (secondary N) is 4. The summed E-state index contributed by atoms with van der Waals surface area (Å²) in [7, 11) is 0. The van der Waals surface area contributed by atoms with Crippen molar-refractivity contribution >= 4 is 18.3 Å². The third-order valence-electron chi connectivity index (χ3n) is 5.19. The highest BCUT2D eigenvalue weighted by Crippen LogP contribution is 2.24. The molecule has 2 fully saturated rings. The molecule has 5 nitrogen and oxygen atoms in total. The first-order valence-electron chi connectivity index (χ1n) is 8.71. The first-order valence-corrected chi connectivity index (χ1v) is 8.71. The van der Waals surface area contributed by atoms with Crippen LogP contribution in [0.25, 0.3) is 0 Å². The summed E-state index contributed by atoms with van der Waals surface area (Å²) in [5.41, 5.74) is 7.76. The van der Waals surface area contributed by atoms with E-state index in [1.54, 1.807) is 0 Å². The minimum Gasteiger partial charge on any atom is -0.354 e. The third kappa shape index (κ3) is 4.28. The smallest absolute Gasteiger partial charge is 0.238 e. The van der Waals surface area contributed by atoms with Crippen molar-refractivity contribution in [3.63, 3.8) is 0 Å². The second-order valence-corrected chi connectivity index (χ2v) is 7.04. The van der Waals surface area contributed by atoms with E-state index in [4.69, 9.17) is 0 Å². The summed E-state index contributed by atoms with van der Waals surface area (Å²) >= 11 is 0. The highest BCUT2D eigenvalue weighted by molar-refractivity contribution is 5.85. The Balaban J connectivity index is 0.00000208. The molecule has 4 N–H and O–H groups in total. The maximum atomic E-state index is 12.6. The number of hydrogen-bond donors (Lipinski definition) is 4. The monoisotopic (exact) mass is 352 g/mol. The van der Waals surface area contributed by atoms with Crippen molar-refractivity contribution < 1.29 is 4.79 Å². The lowest BCUT2D eigenvalue weighted by Gasteiger charge is -2.28. The summed E-state index contributed by atoms with van der Waals surface area (Å²) in [6.45, 7) is 7.02. The summed E-state index contributed by atoms with van der Waals surface area (Å²) in [5, 5.41) is 6.56. The van der Waals surface area contributed by atoms with Crippen LogP contribution in [0, 0.1) is 11.8 Å². The number of benzene rings is 1. The van der Waals surface area contributed by atoms with Crippen LogP contribution >= 0.6 is 12.4 Å². The molecule has 4 atom stereocenters. The Hall–Kier alpha value is -1.14. The molecule has 2 aliphatic heterocycles. The summed E-state index contributed by atoms with van der Waals surface area (Å²) < 4.78 is 0. The van der Waals surface area contributed by atoms with E-state index in [1.807, 2.05) is 6.07 Å². The molecule has 0 aromatic heterocycles. The summed E-state index contributed by atoms with van der Waals surface area (Å²) in [6.07, 6.45) is 1.07. The standard InChI is InChI=1S/C18H28N4O.ClH/c1-12(2)14(13-6-4-3-5-7-13)11-20-18(23)17-15-10-19-9-8-16(15)21-22-17;/h3-7,12,14-17,19,21-22H,8-11H2,1-2H3,(H,20,23);1H. The molecule has 4 unspecified atom stereocenters. The molecule has 2 aliphatic rings. The highest BCUT2D eigenvalue weighted by atomic mass is 35.5. The molecule has 0 radical (unpaired) electrons. The van der Waals surface area contributed by atoms with Crippen molar-refractivity contribution in [1.29, 1.82) is 0 Å². The van der Waals surface area contributed by atoms with Gasteiger partial charge < -0.3 is 10.6 Å². The molecule has 1 aromatic rings. The van der Waals surface area contributed by atoms with Crippen LogP contribution in [0.5, 0.6) is 0 Å². The van der Waals surface area contributed by atoms with Crippen LogP contribution in [0.2, 0.25) is 0 Å². The van der Waals surface area contributed by atoms with Crippen molar-refractivity contribution in [1.82, 2.24) is 21.5 Å². The van der Waals surface area contributed by atoms with Crippen LogP contribution in [0.15, 0.2) is 30.3 Å². The number of halogens is 1. The zero-order valence-electron chi connectivity index (χ0n) is 14.4. The van der Waals surface area contributed by atoms with Crippen LogP contribution in [-0.4, -0.2) is 37.6 Å². The topological polar surface area (TPSA) is 65.2 Å². The van der Waals surface area contributed by atoms with Gasteiger partial charge in [0.1, 0.15) is 6.04 Å². The molecule has 6 heteroatoms. The Morgan fingerprint density at radius 2 is 2.00 bits per heavy atom. The lowest BCUT2D eigenvalue weighted by atomic mass is 9.87. The largest absolute Gasteiger partial charge is 0.354 e. The molecule has 0 spiro atoms. The first kappa shape index (κ1) is 19.2. The SMILES string of the molecule is CC(C)C(CNC(=O)C1NNC2CCNCC21)c1ccccc1.Cl. The highest BCUT2D eigenvalue weighted by Gasteiger charge is 2.41. The molecular formula is C18H29ClN4O. The van der Waals surface area contributed by atoms with Crippen LogP contribution in [-0.2, 0) is 4.79 Å². The zero-order chi connectivity index (χ0) is 16.2. The van der Waals surface area contributed by atoms with Gasteiger partial charge in [-0.2, -0.15) is 0 Å². The van der Waals surface area contributed by atoms with E-state index in [1.165, 1.54) is 5.56 Å². The zero-order valence-corrected chi connectivity index (χ0v) is 15.2. The fourth-order valence-corrected chi connectivity index (χ4v) is 3.74. The first-order chi connectivity index (χ1) is 11.2. The maximum absolute atomic E-state index is 12.6. The molecule has 0 bridgehead atoms. The number of hydrazine groups is 1. The second-order valence-electron chi connectivity index (χ2n) is 7.04. The van der Waals surface area contributed by atoms with Gasteiger partial charge in [-0.3, -0.25) is 10.2 Å². The van der Waals surface area contributed by atoms with E-state index < -0.39 is 0 Å². The van der Waals surface area contributed by atoms with Gasteiger partial charge in [0.25, 0.3) is 0 Å². The Morgan fingerprint density at radius 3 is 2.71 bits per heavy atom. The van der Waals surface area contributed by atoms with Crippen LogP contribution in [0.4, 0.5) is 0 Å². The predicted molar refractivity (Wildman–Crippen MR) is 99.1 cm³/mol. The Labute approximate surface area is 150 Å². The number of hydrogen-bond acceptors (Lipinski definition) is 4. The lowest BCUT2D eigenvalue weighted by molar-refractivity contribution is -0.124. The van der Waals surface area contributed by atoms with E-state index >= 15 is 0 Å². The minimum atomic E-state index is -0.142. The molecule has 2 saturated heterocycles. The van der Waals surface area contributed by atoms with Gasteiger partial charge in [0.15, 0.2) is 0 Å². The van der Waals surface area contributed by atoms with Gasteiger partial charge in [-0.05, 0) is 24.4 Å². The molecule has 1 amide bonds. The Kier molecular flexibility index (Phi) is 7.04. The normalized spacial score (nSPS) is 27.2. The Bertz CT molecular complexity index is 525. The number of carbonyl (C=O) groups excluding carboxylic acids is 1. The fourth-order valence-electron chi connectivity index (χ4n) is 3.74. The number of carbonyl (C=O) groups is 1. The number of fused-ring (bicyclic) bond motifs is 1.